The first-order chi connectivity index (χ1) is 13.8. The molecule has 1 saturated heterocycles. The first-order valence-corrected chi connectivity index (χ1v) is 9.44. The summed E-state index contributed by atoms with van der Waals surface area (Å²) in [6.07, 6.45) is -0.477. The zero-order valence-corrected chi connectivity index (χ0v) is 16.8. The van der Waals surface area contributed by atoms with Gasteiger partial charge in [-0.3, -0.25) is 9.59 Å². The lowest BCUT2D eigenvalue weighted by atomic mass is 10.1. The Hall–Kier alpha value is -2.51. The molecule has 1 amide bonds. The minimum absolute atomic E-state index is 0.0138. The Bertz CT molecular complexity index is 951. The average molecular weight is 424 g/mol. The number of aryl methyl sites for hydroxylation is 1. The van der Waals surface area contributed by atoms with Gasteiger partial charge in [0.1, 0.15) is 30.1 Å². The van der Waals surface area contributed by atoms with Gasteiger partial charge >= 0.3 is 0 Å². The first kappa shape index (κ1) is 21.2. The second-order valence-corrected chi connectivity index (χ2v) is 7.18. The number of amides is 1. The molecule has 8 heteroatoms. The van der Waals surface area contributed by atoms with Crippen molar-refractivity contribution in [3.8, 4) is 5.75 Å². The summed E-state index contributed by atoms with van der Waals surface area (Å²) < 4.78 is 39.2. The molecule has 0 N–H and O–H groups in total. The Morgan fingerprint density at radius 1 is 1.24 bits per heavy atom. The van der Waals surface area contributed by atoms with Crippen LogP contribution in [0.2, 0.25) is 5.02 Å². The van der Waals surface area contributed by atoms with Gasteiger partial charge in [0.15, 0.2) is 5.78 Å². The van der Waals surface area contributed by atoms with Gasteiger partial charge in [0.25, 0.3) is 5.91 Å². The average Bonchev–Trinajstić information content (AvgIpc) is 2.69. The lowest BCUT2D eigenvalue weighted by Gasteiger charge is -2.33. The van der Waals surface area contributed by atoms with Crippen LogP contribution in [-0.4, -0.2) is 49.0 Å². The number of ketones is 1. The van der Waals surface area contributed by atoms with Crippen LogP contribution in [0.5, 0.6) is 5.75 Å². The molecule has 0 saturated carbocycles. The van der Waals surface area contributed by atoms with E-state index in [2.05, 4.69) is 0 Å². The number of halogens is 3. The van der Waals surface area contributed by atoms with Gasteiger partial charge in [-0.15, -0.1) is 0 Å². The highest BCUT2D eigenvalue weighted by atomic mass is 35.5. The molecule has 3 rings (SSSR count). The number of ether oxygens (including phenoxy) is 2. The number of morpholine rings is 1. The van der Waals surface area contributed by atoms with E-state index in [0.717, 1.165) is 6.07 Å². The molecular formula is C21H20ClF2NO4. The lowest BCUT2D eigenvalue weighted by Crippen LogP contribution is -2.48. The van der Waals surface area contributed by atoms with E-state index in [4.69, 9.17) is 21.1 Å². The molecule has 2 aromatic carbocycles. The molecule has 1 fully saturated rings. The number of carbonyl (C=O) groups excluding carboxylic acids is 2. The minimum atomic E-state index is -0.675. The fourth-order valence-corrected chi connectivity index (χ4v) is 3.31. The van der Waals surface area contributed by atoms with E-state index in [1.54, 1.807) is 6.92 Å². The smallest absolute Gasteiger partial charge is 0.258 e. The van der Waals surface area contributed by atoms with Crippen molar-refractivity contribution in [2.45, 2.75) is 20.0 Å². The van der Waals surface area contributed by atoms with Crippen LogP contribution in [0.1, 0.15) is 33.2 Å². The topological polar surface area (TPSA) is 55.8 Å². The molecule has 0 spiro atoms. The molecule has 154 valence electrons. The van der Waals surface area contributed by atoms with Crippen molar-refractivity contribution >= 4 is 23.3 Å². The first-order valence-electron chi connectivity index (χ1n) is 9.06. The molecule has 29 heavy (non-hydrogen) atoms. The number of hydrogen-bond acceptors (Lipinski definition) is 4. The zero-order chi connectivity index (χ0) is 21.1. The maximum Gasteiger partial charge on any atom is 0.258 e. The van der Waals surface area contributed by atoms with E-state index in [1.165, 1.54) is 36.1 Å². The van der Waals surface area contributed by atoms with Gasteiger partial charge in [0.2, 0.25) is 0 Å². The SMILES string of the molecule is CC(=O)c1ccc(OCC2CN(C(=O)c3c(F)ccc(C)c3Cl)CCO2)cc1F. The number of hydrogen-bond donors (Lipinski definition) is 0. The molecule has 1 aliphatic rings. The van der Waals surface area contributed by atoms with Crippen molar-refractivity contribution in [3.05, 3.63) is 63.7 Å². The number of rotatable bonds is 5. The van der Waals surface area contributed by atoms with Gasteiger partial charge in [-0.1, -0.05) is 17.7 Å². The summed E-state index contributed by atoms with van der Waals surface area (Å²) in [6, 6.07) is 6.71. The van der Waals surface area contributed by atoms with Gasteiger partial charge in [0, 0.05) is 12.6 Å². The van der Waals surface area contributed by atoms with Crippen LogP contribution in [0, 0.1) is 18.6 Å². The van der Waals surface area contributed by atoms with Crippen LogP contribution in [0.3, 0.4) is 0 Å². The van der Waals surface area contributed by atoms with E-state index in [0.29, 0.717) is 12.1 Å². The molecule has 1 aliphatic heterocycles. The lowest BCUT2D eigenvalue weighted by molar-refractivity contribution is -0.0402. The summed E-state index contributed by atoms with van der Waals surface area (Å²) in [7, 11) is 0. The molecule has 1 heterocycles. The summed E-state index contributed by atoms with van der Waals surface area (Å²) in [4.78, 5) is 25.5. The van der Waals surface area contributed by atoms with Crippen LogP contribution in [0.4, 0.5) is 8.78 Å². The van der Waals surface area contributed by atoms with Crippen molar-refractivity contribution in [1.82, 2.24) is 4.90 Å². The van der Waals surface area contributed by atoms with Crippen molar-refractivity contribution in [1.29, 1.82) is 0 Å². The second kappa shape index (κ2) is 8.88. The van der Waals surface area contributed by atoms with Crippen molar-refractivity contribution in [2.24, 2.45) is 0 Å². The third-order valence-electron chi connectivity index (χ3n) is 4.68. The Balaban J connectivity index is 1.65. The molecule has 0 aromatic heterocycles. The zero-order valence-electron chi connectivity index (χ0n) is 16.0. The summed E-state index contributed by atoms with van der Waals surface area (Å²) >= 11 is 6.14. The Morgan fingerprint density at radius 2 is 2.00 bits per heavy atom. The molecule has 0 radical (unpaired) electrons. The predicted octanol–water partition coefficient (Wildman–Crippen LogP) is 4.05. The minimum Gasteiger partial charge on any atom is -0.491 e. The van der Waals surface area contributed by atoms with Crippen LogP contribution in [-0.2, 0) is 4.74 Å². The van der Waals surface area contributed by atoms with E-state index >= 15 is 0 Å². The van der Waals surface area contributed by atoms with E-state index < -0.39 is 23.6 Å². The summed E-state index contributed by atoms with van der Waals surface area (Å²) in [5.41, 5.74) is 0.441. The third-order valence-corrected chi connectivity index (χ3v) is 5.17. The van der Waals surface area contributed by atoms with Crippen LogP contribution in [0.15, 0.2) is 30.3 Å². The van der Waals surface area contributed by atoms with Crippen molar-refractivity contribution in [3.63, 3.8) is 0 Å². The quantitative estimate of drug-likeness (QED) is 0.681. The molecule has 0 aliphatic carbocycles. The van der Waals surface area contributed by atoms with Crippen molar-refractivity contribution in [2.75, 3.05) is 26.3 Å². The normalized spacial score (nSPS) is 16.6. The Kier molecular flexibility index (Phi) is 6.49. The van der Waals surface area contributed by atoms with Crippen LogP contribution < -0.4 is 4.74 Å². The van der Waals surface area contributed by atoms with Gasteiger partial charge in [-0.05, 0) is 37.6 Å². The van der Waals surface area contributed by atoms with Gasteiger partial charge in [0.05, 0.1) is 29.3 Å². The summed E-state index contributed by atoms with van der Waals surface area (Å²) in [5, 5.41) is 0.0929. The van der Waals surface area contributed by atoms with Gasteiger partial charge in [-0.25, -0.2) is 8.78 Å². The summed E-state index contributed by atoms with van der Waals surface area (Å²) in [6.45, 7) is 3.77. The predicted molar refractivity (Wildman–Crippen MR) is 104 cm³/mol. The standard InChI is InChI=1S/C21H20ClF2NO4/c1-12-3-6-17(23)19(20(12)22)21(27)25-7-8-28-15(10-25)11-29-14-4-5-16(13(2)26)18(24)9-14/h3-6,9,15H,7-8,10-11H2,1-2H3. The number of Topliss-reactive ketones (excluding diaryl/α,β-unsaturated/α-hetero) is 1. The Labute approximate surface area is 172 Å². The molecular weight excluding hydrogens is 404 g/mol. The fourth-order valence-electron chi connectivity index (χ4n) is 3.08. The molecule has 0 bridgehead atoms. The largest absolute Gasteiger partial charge is 0.491 e. The monoisotopic (exact) mass is 423 g/mol. The highest BCUT2D eigenvalue weighted by molar-refractivity contribution is 6.34. The highest BCUT2D eigenvalue weighted by Crippen LogP contribution is 2.26. The van der Waals surface area contributed by atoms with Crippen LogP contribution in [0.25, 0.3) is 0 Å². The molecule has 2 aromatic rings. The Morgan fingerprint density at radius 3 is 2.69 bits per heavy atom. The highest BCUT2D eigenvalue weighted by Gasteiger charge is 2.29. The molecule has 5 nitrogen and oxygen atoms in total. The van der Waals surface area contributed by atoms with Crippen molar-refractivity contribution < 1.29 is 27.8 Å². The number of benzene rings is 2. The maximum atomic E-state index is 14.2. The molecule has 1 unspecified atom stereocenters. The van der Waals surface area contributed by atoms with E-state index in [-0.39, 0.29) is 47.4 Å². The second-order valence-electron chi connectivity index (χ2n) is 6.81. The van der Waals surface area contributed by atoms with E-state index in [9.17, 15) is 18.4 Å². The van der Waals surface area contributed by atoms with Gasteiger partial charge in [-0.2, -0.15) is 0 Å². The fraction of sp³-hybridized carbons (Fsp3) is 0.333. The number of nitrogens with zero attached hydrogens (tertiary/aromatic N) is 1. The number of carbonyl (C=O) groups is 2. The molecule has 1 atom stereocenters. The maximum absolute atomic E-state index is 14.2. The summed E-state index contributed by atoms with van der Waals surface area (Å²) in [5.74, 6) is -1.98. The van der Waals surface area contributed by atoms with E-state index in [1.807, 2.05) is 0 Å². The third kappa shape index (κ3) is 4.74. The van der Waals surface area contributed by atoms with Gasteiger partial charge < -0.3 is 14.4 Å². The van der Waals surface area contributed by atoms with Crippen LogP contribution >= 0.6 is 11.6 Å².